The average molecular weight is 293 g/mol. The summed E-state index contributed by atoms with van der Waals surface area (Å²) in [5, 5.41) is 3.13. The minimum Gasteiger partial charge on any atom is -0.310 e. The van der Waals surface area contributed by atoms with E-state index in [9.17, 15) is 13.2 Å². The fourth-order valence-corrected chi connectivity index (χ4v) is 2.37. The molecule has 0 aliphatic rings. The van der Waals surface area contributed by atoms with Crippen molar-refractivity contribution in [2.75, 3.05) is 6.54 Å². The summed E-state index contributed by atoms with van der Waals surface area (Å²) in [5.74, 6) is -2.00. The van der Waals surface area contributed by atoms with Crippen LogP contribution in [0.4, 0.5) is 13.2 Å². The van der Waals surface area contributed by atoms with E-state index >= 15 is 0 Å². The number of hydrogen-bond donors (Lipinski definition) is 1. The van der Waals surface area contributed by atoms with Crippen LogP contribution in [0, 0.1) is 24.4 Å². The molecule has 0 amide bonds. The first kappa shape index (κ1) is 15.6. The second-order valence-electron chi connectivity index (χ2n) is 5.04. The Balaban J connectivity index is 2.33. The Kier molecular flexibility index (Phi) is 5.02. The van der Waals surface area contributed by atoms with Gasteiger partial charge in [-0.15, -0.1) is 0 Å². The Morgan fingerprint density at radius 2 is 1.81 bits per heavy atom. The van der Waals surface area contributed by atoms with Gasteiger partial charge in [0.25, 0.3) is 0 Å². The molecule has 0 saturated heterocycles. The molecule has 0 saturated carbocycles. The first-order valence-electron chi connectivity index (χ1n) is 6.95. The fourth-order valence-electron chi connectivity index (χ4n) is 2.37. The highest BCUT2D eigenvalue weighted by atomic mass is 19.2. The summed E-state index contributed by atoms with van der Waals surface area (Å²) in [6.45, 7) is 4.02. The lowest BCUT2D eigenvalue weighted by molar-refractivity contribution is 0.460. The molecule has 0 aliphatic heterocycles. The molecule has 0 heterocycles. The number of nitrogens with one attached hydrogen (secondary N) is 1. The molecule has 0 aromatic heterocycles. The maximum atomic E-state index is 14.1. The predicted molar refractivity (Wildman–Crippen MR) is 77.6 cm³/mol. The van der Waals surface area contributed by atoms with Gasteiger partial charge >= 0.3 is 0 Å². The molecule has 2 aromatic carbocycles. The standard InChI is InChI=1S/C17H18F3N/c1-3-21-15(10-12-5-4-6-13(18)9-12)14-8-7-11(2)16(19)17(14)20/h4-9,15,21H,3,10H2,1-2H3. The first-order chi connectivity index (χ1) is 10.0. The van der Waals surface area contributed by atoms with Gasteiger partial charge in [-0.25, -0.2) is 13.2 Å². The van der Waals surface area contributed by atoms with Crippen LogP contribution in [0.3, 0.4) is 0 Å². The molecule has 2 rings (SSSR count). The van der Waals surface area contributed by atoms with E-state index in [1.54, 1.807) is 24.3 Å². The van der Waals surface area contributed by atoms with Crippen LogP contribution in [-0.4, -0.2) is 6.54 Å². The zero-order valence-electron chi connectivity index (χ0n) is 12.1. The molecule has 4 heteroatoms. The van der Waals surface area contributed by atoms with Gasteiger partial charge in [-0.1, -0.05) is 31.2 Å². The van der Waals surface area contributed by atoms with E-state index in [2.05, 4.69) is 5.32 Å². The molecular formula is C17H18F3N. The Hall–Kier alpha value is -1.81. The summed E-state index contributed by atoms with van der Waals surface area (Å²) in [7, 11) is 0. The number of halogens is 3. The molecule has 1 unspecified atom stereocenters. The quantitative estimate of drug-likeness (QED) is 0.866. The topological polar surface area (TPSA) is 12.0 Å². The van der Waals surface area contributed by atoms with Crippen molar-refractivity contribution in [3.8, 4) is 0 Å². The van der Waals surface area contributed by atoms with Gasteiger partial charge in [-0.2, -0.15) is 0 Å². The lowest BCUT2D eigenvalue weighted by Gasteiger charge is -2.20. The van der Waals surface area contributed by atoms with E-state index in [-0.39, 0.29) is 16.9 Å². The predicted octanol–water partition coefficient (Wildman–Crippen LogP) is 4.31. The summed E-state index contributed by atoms with van der Waals surface area (Å²) in [6, 6.07) is 8.90. The maximum Gasteiger partial charge on any atom is 0.163 e. The number of likely N-dealkylation sites (N-methyl/N-ethyl adjacent to an activating group) is 1. The van der Waals surface area contributed by atoms with Crippen molar-refractivity contribution >= 4 is 0 Å². The van der Waals surface area contributed by atoms with Crippen molar-refractivity contribution in [3.05, 3.63) is 70.5 Å². The molecule has 1 nitrogen and oxygen atoms in total. The van der Waals surface area contributed by atoms with Crippen LogP contribution in [0.15, 0.2) is 36.4 Å². The van der Waals surface area contributed by atoms with E-state index in [0.717, 1.165) is 5.56 Å². The zero-order chi connectivity index (χ0) is 15.4. The zero-order valence-corrected chi connectivity index (χ0v) is 12.1. The summed E-state index contributed by atoms with van der Waals surface area (Å²) in [5.41, 5.74) is 1.28. The van der Waals surface area contributed by atoms with Gasteiger partial charge in [-0.3, -0.25) is 0 Å². The van der Waals surface area contributed by atoms with Crippen LogP contribution in [0.25, 0.3) is 0 Å². The number of benzene rings is 2. The molecule has 112 valence electrons. The Morgan fingerprint density at radius 3 is 2.48 bits per heavy atom. The van der Waals surface area contributed by atoms with Crippen molar-refractivity contribution in [1.29, 1.82) is 0 Å². The van der Waals surface area contributed by atoms with E-state index < -0.39 is 17.7 Å². The van der Waals surface area contributed by atoms with E-state index in [4.69, 9.17) is 0 Å². The highest BCUT2D eigenvalue weighted by Gasteiger charge is 2.19. The van der Waals surface area contributed by atoms with Crippen LogP contribution in [0.2, 0.25) is 0 Å². The average Bonchev–Trinajstić information content (AvgIpc) is 2.45. The smallest absolute Gasteiger partial charge is 0.163 e. The molecule has 21 heavy (non-hydrogen) atoms. The molecule has 2 aromatic rings. The second-order valence-corrected chi connectivity index (χ2v) is 5.04. The Labute approximate surface area is 122 Å². The number of hydrogen-bond acceptors (Lipinski definition) is 1. The Bertz CT molecular complexity index is 625. The molecular weight excluding hydrogens is 275 g/mol. The van der Waals surface area contributed by atoms with Crippen LogP contribution in [0.1, 0.15) is 29.7 Å². The third-order valence-corrected chi connectivity index (χ3v) is 3.46. The van der Waals surface area contributed by atoms with Gasteiger partial charge in [0.1, 0.15) is 5.82 Å². The summed E-state index contributed by atoms with van der Waals surface area (Å²) in [6.07, 6.45) is 0.394. The van der Waals surface area contributed by atoms with Crippen LogP contribution < -0.4 is 5.32 Å². The molecule has 0 radical (unpaired) electrons. The summed E-state index contributed by atoms with van der Waals surface area (Å²) in [4.78, 5) is 0. The molecule has 0 aliphatic carbocycles. The molecule has 1 atom stereocenters. The maximum absolute atomic E-state index is 14.1. The molecule has 0 bridgehead atoms. The normalized spacial score (nSPS) is 12.4. The SMILES string of the molecule is CCNC(Cc1cccc(F)c1)c1ccc(C)c(F)c1F. The first-order valence-corrected chi connectivity index (χ1v) is 6.95. The van der Waals surface area contributed by atoms with Gasteiger partial charge in [0.2, 0.25) is 0 Å². The van der Waals surface area contributed by atoms with Crippen molar-refractivity contribution in [3.63, 3.8) is 0 Å². The molecule has 0 fully saturated rings. The van der Waals surface area contributed by atoms with E-state index in [1.807, 2.05) is 6.92 Å². The van der Waals surface area contributed by atoms with Gasteiger partial charge in [0, 0.05) is 11.6 Å². The van der Waals surface area contributed by atoms with Crippen LogP contribution in [0.5, 0.6) is 0 Å². The second kappa shape index (κ2) is 6.76. The van der Waals surface area contributed by atoms with Crippen molar-refractivity contribution < 1.29 is 13.2 Å². The lowest BCUT2D eigenvalue weighted by atomic mass is 9.97. The summed E-state index contributed by atoms with van der Waals surface area (Å²) >= 11 is 0. The van der Waals surface area contributed by atoms with Crippen molar-refractivity contribution in [2.45, 2.75) is 26.3 Å². The largest absolute Gasteiger partial charge is 0.310 e. The summed E-state index contributed by atoms with van der Waals surface area (Å²) < 4.78 is 41.1. The lowest BCUT2D eigenvalue weighted by Crippen LogP contribution is -2.24. The highest BCUT2D eigenvalue weighted by molar-refractivity contribution is 5.30. The number of aryl methyl sites for hydroxylation is 1. The third-order valence-electron chi connectivity index (χ3n) is 3.46. The minimum atomic E-state index is -0.836. The van der Waals surface area contributed by atoms with Crippen LogP contribution >= 0.6 is 0 Å². The monoisotopic (exact) mass is 293 g/mol. The van der Waals surface area contributed by atoms with Gasteiger partial charge in [0.15, 0.2) is 11.6 Å². The minimum absolute atomic E-state index is 0.268. The van der Waals surface area contributed by atoms with Crippen molar-refractivity contribution in [2.24, 2.45) is 0 Å². The Morgan fingerprint density at radius 1 is 1.05 bits per heavy atom. The van der Waals surface area contributed by atoms with E-state index in [0.29, 0.717) is 13.0 Å². The third kappa shape index (κ3) is 3.64. The van der Waals surface area contributed by atoms with Gasteiger partial charge in [-0.05, 0) is 43.1 Å². The molecule has 1 N–H and O–H groups in total. The van der Waals surface area contributed by atoms with Gasteiger partial charge < -0.3 is 5.32 Å². The van der Waals surface area contributed by atoms with Crippen LogP contribution in [-0.2, 0) is 6.42 Å². The van der Waals surface area contributed by atoms with Crippen molar-refractivity contribution in [1.82, 2.24) is 5.32 Å². The van der Waals surface area contributed by atoms with Gasteiger partial charge in [0.05, 0.1) is 0 Å². The molecule has 0 spiro atoms. The highest BCUT2D eigenvalue weighted by Crippen LogP contribution is 2.25. The fraction of sp³-hybridized carbons (Fsp3) is 0.294. The number of rotatable bonds is 5. The van der Waals surface area contributed by atoms with E-state index in [1.165, 1.54) is 19.1 Å².